The fourth-order valence-electron chi connectivity index (χ4n) is 12.6. The zero-order chi connectivity index (χ0) is 76.9. The van der Waals surface area contributed by atoms with Crippen LogP contribution in [0.15, 0.2) is 89.8 Å². The molecular formula is C59H74N18O22P4S4Si. The van der Waals surface area contributed by atoms with Crippen molar-refractivity contribution in [1.29, 1.82) is 0 Å². The van der Waals surface area contributed by atoms with Gasteiger partial charge in [-0.15, -0.1) is 0 Å². The number of aromatic nitrogens is 14. The monoisotopic (exact) mass is 1670 g/mol. The Kier molecular flexibility index (Phi) is 22.1. The molecule has 15 rings (SSSR count). The molecule has 14 heterocycles. The molecule has 580 valence electrons. The van der Waals surface area contributed by atoms with Crippen LogP contribution in [0.3, 0.4) is 0 Å². The minimum atomic E-state index is -4.16. The van der Waals surface area contributed by atoms with Gasteiger partial charge in [0, 0.05) is 36.7 Å². The highest BCUT2D eigenvalue weighted by atomic mass is 32.7. The molecule has 49 heteroatoms. The van der Waals surface area contributed by atoms with E-state index in [2.05, 4.69) is 107 Å². The Morgan fingerprint density at radius 1 is 0.648 bits per heavy atom. The summed E-state index contributed by atoms with van der Waals surface area (Å²) in [6.07, 6.45) is -6.30. The lowest BCUT2D eigenvalue weighted by Crippen LogP contribution is -2.49. The Hall–Kier alpha value is -6.23. The Morgan fingerprint density at radius 2 is 1.19 bits per heavy atom. The molecule has 6 saturated heterocycles. The van der Waals surface area contributed by atoms with Crippen LogP contribution in [0.25, 0.3) is 44.4 Å². The molecule has 9 aromatic rings. The molecule has 108 heavy (non-hydrogen) atoms. The lowest BCUT2D eigenvalue weighted by molar-refractivity contribution is -0.119. The van der Waals surface area contributed by atoms with E-state index in [1.165, 1.54) is 39.0 Å². The first-order valence-electron chi connectivity index (χ1n) is 33.3. The van der Waals surface area contributed by atoms with Crippen molar-refractivity contribution in [2.24, 2.45) is 5.92 Å². The highest BCUT2D eigenvalue weighted by Crippen LogP contribution is 2.60. The van der Waals surface area contributed by atoms with E-state index < -0.39 is 151 Å². The number of hydrogen-bond donors (Lipinski definition) is 11. The molecule has 12 N–H and O–H groups in total. The highest BCUT2D eigenvalue weighted by Gasteiger charge is 2.56. The number of nitrogens with two attached hydrogens (primary N) is 2. The van der Waals surface area contributed by atoms with E-state index in [4.69, 9.17) is 106 Å². The number of amides is 2. The third kappa shape index (κ3) is 16.4. The number of ether oxygens (including phenoxy) is 4. The van der Waals surface area contributed by atoms with E-state index in [-0.39, 0.29) is 88.8 Å². The molecule has 0 radical (unpaired) electrons. The van der Waals surface area contributed by atoms with Gasteiger partial charge in [-0.2, -0.15) is 9.97 Å². The van der Waals surface area contributed by atoms with Crippen molar-refractivity contribution in [2.75, 3.05) is 48.5 Å². The Bertz CT molecular complexity index is 5270. The molecule has 2 amide bonds. The van der Waals surface area contributed by atoms with Crippen molar-refractivity contribution >= 4 is 163 Å². The number of carbonyl (C=O) groups excluding carboxylic acids is 2. The van der Waals surface area contributed by atoms with Crippen molar-refractivity contribution in [1.82, 2.24) is 68.1 Å². The van der Waals surface area contributed by atoms with Crippen LogP contribution in [0.2, 0.25) is 18.1 Å². The van der Waals surface area contributed by atoms with E-state index in [0.717, 1.165) is 0 Å². The summed E-state index contributed by atoms with van der Waals surface area (Å²) in [5.74, 6) is -0.925. The zero-order valence-corrected chi connectivity index (χ0v) is 65.9. The molecule has 8 aromatic heterocycles. The first kappa shape index (κ1) is 78.5. The molecule has 0 spiro atoms. The number of carbonyl (C=O) groups is 2. The van der Waals surface area contributed by atoms with Crippen LogP contribution in [0.1, 0.15) is 82.7 Å². The second-order valence-electron chi connectivity index (χ2n) is 27.6. The van der Waals surface area contributed by atoms with E-state index >= 15 is 0 Å². The van der Waals surface area contributed by atoms with Gasteiger partial charge in [0.15, 0.2) is 55.6 Å². The number of H-pyrrole nitrogens is 2. The van der Waals surface area contributed by atoms with E-state index in [1.807, 2.05) is 6.07 Å². The number of aliphatic hydroxyl groups is 1. The number of hydrogen-bond acceptors (Lipinski definition) is 32. The molecule has 1 aromatic carbocycles. The predicted molar refractivity (Wildman–Crippen MR) is 400 cm³/mol. The number of anilines is 4. The maximum absolute atomic E-state index is 13.5. The Balaban J connectivity index is 0.000000193. The number of thiol groups is 1. The predicted octanol–water partition coefficient (Wildman–Crippen LogP) is 5.58. The van der Waals surface area contributed by atoms with Crippen molar-refractivity contribution in [3.8, 4) is 0 Å². The lowest BCUT2D eigenvalue weighted by Gasteiger charge is -2.41. The fraction of sp³-hybridized carbons (Fsp3) is 0.492. The first-order valence-corrected chi connectivity index (χ1v) is 46.7. The fourth-order valence-corrected chi connectivity index (χ4v) is 19.8. The molecule has 6 fully saturated rings. The molecule has 4 bridgehead atoms. The lowest BCUT2D eigenvalue weighted by atomic mass is 10.1. The maximum Gasteiger partial charge on any atom is 0.386 e. The summed E-state index contributed by atoms with van der Waals surface area (Å²) in [7, 11) is -2.69. The number of aliphatic hydroxyl groups excluding tert-OH is 1. The van der Waals surface area contributed by atoms with E-state index in [0.29, 0.717) is 27.6 Å². The smallest absolute Gasteiger partial charge is 0.386 e. The molecule has 0 saturated carbocycles. The summed E-state index contributed by atoms with van der Waals surface area (Å²) in [5, 5.41) is 17.5. The van der Waals surface area contributed by atoms with Crippen LogP contribution in [0.4, 0.5) is 23.5 Å². The number of nitrogen functional groups attached to an aromatic ring is 2. The van der Waals surface area contributed by atoms with Gasteiger partial charge < -0.3 is 87.2 Å². The van der Waals surface area contributed by atoms with Crippen molar-refractivity contribution in [3.05, 3.63) is 106 Å². The average molecular weight is 1670 g/mol. The molecule has 7 unspecified atom stereocenters. The number of nitrogens with zero attached hydrogens (tertiary/aromatic N) is 12. The first-order chi connectivity index (χ1) is 51.0. The SMILES string of the molecule is CC(C)C(=O)Nc1nc2c(ncn2[C@@H]2O[C@@H]3COP(O)(=S)O[C@@H]4C(O[Si](C)(C)C(C)(C)C)[C@H](n5ccc6c(NC(=O)c7ccccc7)ncnc65)O[C@@H]4COP(O)(=S)OC2C3)c(=O)[nH]1.Nc1nc2c(ncn2[C@@H]2OC3COP(O)(=S)O[C@H]4[C@@H](O)[C@H](n5ccc6c(N)ncnc65)O[C@@H]4COP(=O)(S)O[C@@H]2C3)c(=O)[nH]1. The van der Waals surface area contributed by atoms with E-state index in [9.17, 15) is 43.5 Å². The standard InChI is InChI=1S/C38H49N9O12P2S2Si.C21H25N9O10P2S2/c1-20(2)32(48)44-37-43-31-26(34(50)45-37)41-19-47(31)35-24-15-22(55-35)16-53-61(52,63)58-27-25(17-54-60(51,62)57-24)56-36(28(27)59-64(6,7)38(3,4)5)46-14-13-23-29(39-18-40-30(23)46)42-33(49)21-11-9-8-10-12-21;22-15-9-1-2-29(16(9)25-6-24-15)20-13(31)14-11(38-20)5-36-41(33,43)39-10-3-8(4-35-42(34,44)40-14)37-19(10)30-7-26-12-17(30)27-21(23)28-18(12)32/h8-14,18-20,22,24-25,27-28,35-36H,15-17H2,1-7H3,(H,51,62)(H,52,63)(H,39,40,42,49)(H2,43,44,45,48,50);1-2,6-8,10-11,13-14,19-20,31H,3-5H2,(H,33,43)(H,34,44)(H2,22,24,25)(H3,23,27,28,32)/t22-,24?,25+,27-,28?,35+,36+,60?,61?;8?,10-,11-,13-,14-,19-,20-,41?,42?/m01/s1. The summed E-state index contributed by atoms with van der Waals surface area (Å²) >= 11 is 20.7. The van der Waals surface area contributed by atoms with Gasteiger partial charge in [0.1, 0.15) is 84.4 Å². The Morgan fingerprint density at radius 3 is 1.82 bits per heavy atom. The number of benzene rings is 1. The summed E-state index contributed by atoms with van der Waals surface area (Å²) in [5.41, 5.74) is 11.7. The van der Waals surface area contributed by atoms with Crippen LogP contribution in [-0.2, 0) is 104 Å². The Labute approximate surface area is 633 Å². The van der Waals surface area contributed by atoms with Gasteiger partial charge in [0.2, 0.25) is 17.8 Å². The molecule has 40 nitrogen and oxygen atoms in total. The maximum atomic E-state index is 13.5. The molecular weight excluding hydrogens is 1590 g/mol. The largest absolute Gasteiger partial charge is 0.407 e. The average Bonchev–Trinajstić information content (AvgIpc) is 1.58. The second-order valence-corrected chi connectivity index (χ2v) is 43.6. The van der Waals surface area contributed by atoms with Gasteiger partial charge in [-0.1, -0.05) is 65.1 Å². The van der Waals surface area contributed by atoms with Crippen LogP contribution < -0.4 is 33.2 Å². The van der Waals surface area contributed by atoms with Gasteiger partial charge in [-0.25, -0.2) is 34.5 Å². The summed E-state index contributed by atoms with van der Waals surface area (Å²) in [6.45, 7) is -4.27. The van der Waals surface area contributed by atoms with Gasteiger partial charge >= 0.3 is 27.0 Å². The van der Waals surface area contributed by atoms with Crippen molar-refractivity contribution in [2.45, 2.75) is 152 Å². The normalized spacial score (nSPS) is 32.2. The van der Waals surface area contributed by atoms with E-state index in [1.54, 1.807) is 67.2 Å². The molecule has 6 aliphatic rings. The molecule has 18 atom stereocenters. The number of imidazole rings is 2. The molecule has 6 aliphatic heterocycles. The number of aromatic amines is 2. The van der Waals surface area contributed by atoms with Crippen LogP contribution in [0.5, 0.6) is 0 Å². The number of rotatable bonds is 10. The van der Waals surface area contributed by atoms with Gasteiger partial charge in [0.25, 0.3) is 17.0 Å². The quantitative estimate of drug-likeness (QED) is 0.0452. The van der Waals surface area contributed by atoms with Gasteiger partial charge in [0.05, 0.1) is 62.1 Å². The minimum absolute atomic E-state index is 0.0117. The van der Waals surface area contributed by atoms with Crippen LogP contribution in [-0.4, -0.2) is 195 Å². The third-order valence-corrected chi connectivity index (χ3v) is 29.7. The van der Waals surface area contributed by atoms with Crippen molar-refractivity contribution in [3.63, 3.8) is 0 Å². The minimum Gasteiger partial charge on any atom is -0.407 e. The van der Waals surface area contributed by atoms with Gasteiger partial charge in [-0.05, 0) is 77.8 Å². The van der Waals surface area contributed by atoms with Crippen LogP contribution in [0, 0.1) is 5.92 Å². The van der Waals surface area contributed by atoms with Crippen LogP contribution >= 0.6 is 39.2 Å². The summed E-state index contributed by atoms with van der Waals surface area (Å²) in [4.78, 5) is 124. The topological polar surface area (TPSA) is 517 Å². The third-order valence-electron chi connectivity index (χ3n) is 18.9. The number of fused-ring (bicyclic) bond motifs is 10. The van der Waals surface area contributed by atoms with Crippen molar-refractivity contribution < 1.29 is 93.5 Å². The summed E-state index contributed by atoms with van der Waals surface area (Å²) in [6, 6.07) is 12.1. The zero-order valence-electron chi connectivity index (χ0n) is 58.0. The highest BCUT2D eigenvalue weighted by molar-refractivity contribution is 8.44. The summed E-state index contributed by atoms with van der Waals surface area (Å²) < 4.78 is 99.1. The second kappa shape index (κ2) is 30.4. The molecule has 0 aliphatic carbocycles. The van der Waals surface area contributed by atoms with Gasteiger partial charge in [-0.3, -0.25) is 61.7 Å². The number of nitrogens with one attached hydrogen (secondary N) is 4.